The topological polar surface area (TPSA) is 76.3 Å². The average Bonchev–Trinajstić information content (AvgIpc) is 2.68. The molecular weight excluding hydrogens is 230 g/mol. The van der Waals surface area contributed by atoms with E-state index in [0.29, 0.717) is 30.2 Å². The third kappa shape index (κ3) is 2.70. The second-order valence-electron chi connectivity index (χ2n) is 4.95. The van der Waals surface area contributed by atoms with Crippen molar-refractivity contribution in [1.82, 2.24) is 9.97 Å². The molecule has 3 N–H and O–H groups in total. The van der Waals surface area contributed by atoms with Crippen LogP contribution in [0, 0.1) is 5.92 Å². The molecule has 18 heavy (non-hydrogen) atoms. The van der Waals surface area contributed by atoms with Crippen LogP contribution in [-0.2, 0) is 11.3 Å². The number of ether oxygens (including phenoxy) is 1. The number of hydrazine groups is 1. The maximum atomic E-state index is 5.44. The summed E-state index contributed by atoms with van der Waals surface area (Å²) in [5, 5.41) is 0. The van der Waals surface area contributed by atoms with Gasteiger partial charge in [-0.05, 0) is 19.3 Å². The Kier molecular flexibility index (Phi) is 3.98. The van der Waals surface area contributed by atoms with Gasteiger partial charge in [0.15, 0.2) is 5.82 Å². The first-order valence-corrected chi connectivity index (χ1v) is 6.24. The normalized spacial score (nSPS) is 23.4. The Morgan fingerprint density at radius 1 is 1.50 bits per heavy atom. The summed E-state index contributed by atoms with van der Waals surface area (Å²) in [6.45, 7) is 5.89. The Balaban J connectivity index is 2.28. The maximum Gasteiger partial charge on any atom is 0.158 e. The molecule has 0 amide bonds. The van der Waals surface area contributed by atoms with E-state index >= 15 is 0 Å². The highest BCUT2D eigenvalue weighted by atomic mass is 16.5. The molecule has 1 aromatic rings. The van der Waals surface area contributed by atoms with Crippen molar-refractivity contribution in [2.75, 3.05) is 24.0 Å². The van der Waals surface area contributed by atoms with Crippen molar-refractivity contribution in [3.05, 3.63) is 11.9 Å². The number of methoxy groups -OCH3 is 1. The highest BCUT2D eigenvalue weighted by Gasteiger charge is 2.27. The number of nitrogen functional groups attached to an aromatic ring is 1. The lowest BCUT2D eigenvalue weighted by Gasteiger charge is -2.23. The van der Waals surface area contributed by atoms with Crippen molar-refractivity contribution in [2.45, 2.75) is 32.9 Å². The van der Waals surface area contributed by atoms with Gasteiger partial charge in [-0.15, -0.1) is 0 Å². The zero-order valence-electron chi connectivity index (χ0n) is 11.2. The third-order valence-corrected chi connectivity index (χ3v) is 3.26. The molecule has 2 rings (SSSR count). The molecule has 2 atom stereocenters. The van der Waals surface area contributed by atoms with Crippen molar-refractivity contribution in [1.29, 1.82) is 0 Å². The Morgan fingerprint density at radius 2 is 2.28 bits per heavy atom. The largest absolute Gasteiger partial charge is 0.377 e. The number of nitrogens with zero attached hydrogens (tertiary/aromatic N) is 3. The van der Waals surface area contributed by atoms with Gasteiger partial charge in [-0.2, -0.15) is 0 Å². The first kappa shape index (κ1) is 13.0. The summed E-state index contributed by atoms with van der Waals surface area (Å²) in [5.74, 6) is 8.32. The van der Waals surface area contributed by atoms with Crippen LogP contribution >= 0.6 is 0 Å². The van der Waals surface area contributed by atoms with E-state index in [4.69, 9.17) is 10.6 Å². The molecule has 0 aromatic carbocycles. The van der Waals surface area contributed by atoms with E-state index in [9.17, 15) is 0 Å². The van der Waals surface area contributed by atoms with Crippen LogP contribution in [0.4, 0.5) is 11.6 Å². The van der Waals surface area contributed by atoms with Crippen LogP contribution in [0.5, 0.6) is 0 Å². The van der Waals surface area contributed by atoms with E-state index in [-0.39, 0.29) is 0 Å². The second-order valence-corrected chi connectivity index (χ2v) is 4.95. The van der Waals surface area contributed by atoms with Gasteiger partial charge in [0.1, 0.15) is 18.2 Å². The molecule has 6 nitrogen and oxygen atoms in total. The summed E-state index contributed by atoms with van der Waals surface area (Å²) < 4.78 is 5.08. The van der Waals surface area contributed by atoms with Gasteiger partial charge < -0.3 is 15.1 Å². The molecular formula is C12H21N5O. The predicted molar refractivity (Wildman–Crippen MR) is 71.1 cm³/mol. The van der Waals surface area contributed by atoms with Crippen molar-refractivity contribution >= 4 is 11.6 Å². The van der Waals surface area contributed by atoms with Crippen molar-refractivity contribution < 1.29 is 4.74 Å². The average molecular weight is 251 g/mol. The van der Waals surface area contributed by atoms with E-state index in [1.165, 1.54) is 6.42 Å². The van der Waals surface area contributed by atoms with E-state index in [2.05, 4.69) is 34.1 Å². The lowest BCUT2D eigenvalue weighted by molar-refractivity contribution is 0.178. The molecule has 1 aliphatic heterocycles. The van der Waals surface area contributed by atoms with E-state index in [1.54, 1.807) is 7.11 Å². The van der Waals surface area contributed by atoms with Gasteiger partial charge in [0.25, 0.3) is 0 Å². The molecule has 2 heterocycles. The molecule has 100 valence electrons. The minimum atomic E-state index is 0.389. The van der Waals surface area contributed by atoms with Crippen LogP contribution in [0.15, 0.2) is 6.07 Å². The lowest BCUT2D eigenvalue weighted by Crippen LogP contribution is -2.28. The van der Waals surface area contributed by atoms with Crippen molar-refractivity contribution in [3.63, 3.8) is 0 Å². The van der Waals surface area contributed by atoms with Gasteiger partial charge in [-0.1, -0.05) is 6.92 Å². The summed E-state index contributed by atoms with van der Waals surface area (Å²) >= 11 is 0. The standard InChI is InChI=1S/C12H21N5O/c1-8-4-9(2)17(6-8)12-5-10(16-13)14-11(15-12)7-18-3/h5,8-9H,4,6-7,13H2,1-3H3,(H,14,15,16). The van der Waals surface area contributed by atoms with Crippen LogP contribution in [0.2, 0.25) is 0 Å². The Bertz CT molecular complexity index is 411. The zero-order chi connectivity index (χ0) is 13.1. The fourth-order valence-electron chi connectivity index (χ4n) is 2.52. The van der Waals surface area contributed by atoms with Crippen LogP contribution in [0.3, 0.4) is 0 Å². The third-order valence-electron chi connectivity index (χ3n) is 3.26. The number of nitrogens with two attached hydrogens (primary N) is 1. The Labute approximate surface area is 108 Å². The van der Waals surface area contributed by atoms with Crippen LogP contribution in [0.25, 0.3) is 0 Å². The maximum absolute atomic E-state index is 5.44. The number of anilines is 2. The molecule has 1 aliphatic rings. The molecule has 0 saturated carbocycles. The van der Waals surface area contributed by atoms with Crippen LogP contribution in [-0.4, -0.2) is 29.7 Å². The van der Waals surface area contributed by atoms with Gasteiger partial charge in [0.05, 0.1) is 0 Å². The van der Waals surface area contributed by atoms with Gasteiger partial charge in [0.2, 0.25) is 0 Å². The molecule has 0 radical (unpaired) electrons. The molecule has 6 heteroatoms. The molecule has 2 unspecified atom stereocenters. The summed E-state index contributed by atoms with van der Waals surface area (Å²) in [6.07, 6.45) is 1.19. The minimum Gasteiger partial charge on any atom is -0.377 e. The van der Waals surface area contributed by atoms with E-state index in [0.717, 1.165) is 12.4 Å². The molecule has 0 aliphatic carbocycles. The van der Waals surface area contributed by atoms with E-state index < -0.39 is 0 Å². The molecule has 0 bridgehead atoms. The molecule has 1 aromatic heterocycles. The van der Waals surface area contributed by atoms with Gasteiger partial charge in [0, 0.05) is 25.8 Å². The quantitative estimate of drug-likeness (QED) is 0.617. The van der Waals surface area contributed by atoms with Gasteiger partial charge in [-0.3, -0.25) is 0 Å². The number of nitrogens with one attached hydrogen (secondary N) is 1. The predicted octanol–water partition coefficient (Wildman–Crippen LogP) is 1.14. The van der Waals surface area contributed by atoms with Crippen molar-refractivity contribution in [3.8, 4) is 0 Å². The first-order chi connectivity index (χ1) is 8.63. The fourth-order valence-corrected chi connectivity index (χ4v) is 2.52. The Hall–Kier alpha value is -1.40. The summed E-state index contributed by atoms with van der Waals surface area (Å²) in [4.78, 5) is 11.1. The second kappa shape index (κ2) is 5.49. The number of hydrogen-bond donors (Lipinski definition) is 2. The molecule has 1 saturated heterocycles. The summed E-state index contributed by atoms with van der Waals surface area (Å²) in [5.41, 5.74) is 2.58. The molecule has 0 spiro atoms. The zero-order valence-corrected chi connectivity index (χ0v) is 11.2. The van der Waals surface area contributed by atoms with Gasteiger partial charge in [-0.25, -0.2) is 15.8 Å². The monoisotopic (exact) mass is 251 g/mol. The van der Waals surface area contributed by atoms with E-state index in [1.807, 2.05) is 6.07 Å². The number of aromatic nitrogens is 2. The highest BCUT2D eigenvalue weighted by Crippen LogP contribution is 2.28. The SMILES string of the molecule is COCc1nc(NN)cc(N2CC(C)CC2C)n1. The smallest absolute Gasteiger partial charge is 0.158 e. The minimum absolute atomic E-state index is 0.389. The first-order valence-electron chi connectivity index (χ1n) is 6.24. The van der Waals surface area contributed by atoms with Crippen LogP contribution in [0.1, 0.15) is 26.1 Å². The lowest BCUT2D eigenvalue weighted by atomic mass is 10.1. The van der Waals surface area contributed by atoms with Crippen LogP contribution < -0.4 is 16.2 Å². The fraction of sp³-hybridized carbons (Fsp3) is 0.667. The summed E-state index contributed by atoms with van der Waals surface area (Å²) in [7, 11) is 1.63. The molecule has 1 fully saturated rings. The van der Waals surface area contributed by atoms with Crippen molar-refractivity contribution in [2.24, 2.45) is 11.8 Å². The van der Waals surface area contributed by atoms with Gasteiger partial charge >= 0.3 is 0 Å². The number of hydrogen-bond acceptors (Lipinski definition) is 6. The highest BCUT2D eigenvalue weighted by molar-refractivity contribution is 5.50. The number of rotatable bonds is 4. The Morgan fingerprint density at radius 3 is 2.83 bits per heavy atom. The summed E-state index contributed by atoms with van der Waals surface area (Å²) in [6, 6.07) is 2.38.